The molecular formula is C24H16N2O2. The minimum atomic E-state index is -0.572. The zero-order chi connectivity index (χ0) is 19.1. The van der Waals surface area contributed by atoms with Crippen LogP contribution >= 0.6 is 0 Å². The first kappa shape index (κ1) is 16.3. The number of hydrogen-bond acceptors (Lipinski definition) is 3. The van der Waals surface area contributed by atoms with Crippen LogP contribution in [0, 0.1) is 0 Å². The number of amides is 1. The first-order valence-electron chi connectivity index (χ1n) is 8.99. The summed E-state index contributed by atoms with van der Waals surface area (Å²) < 4.78 is 6.05. The molecule has 0 radical (unpaired) electrons. The van der Waals surface area contributed by atoms with Crippen molar-refractivity contribution in [2.24, 2.45) is 10.7 Å². The van der Waals surface area contributed by atoms with E-state index in [-0.39, 0.29) is 11.1 Å². The van der Waals surface area contributed by atoms with Gasteiger partial charge in [0, 0.05) is 10.8 Å². The van der Waals surface area contributed by atoms with Crippen LogP contribution in [0.15, 0.2) is 94.3 Å². The molecule has 0 bridgehead atoms. The number of fused-ring (bicyclic) bond motifs is 4. The van der Waals surface area contributed by atoms with Gasteiger partial charge in [0.1, 0.15) is 11.1 Å². The van der Waals surface area contributed by atoms with Crippen LogP contribution in [0.5, 0.6) is 0 Å². The molecule has 5 rings (SSSR count). The number of primary amides is 1. The van der Waals surface area contributed by atoms with E-state index in [1.807, 2.05) is 78.9 Å². The molecule has 1 heterocycles. The predicted molar refractivity (Wildman–Crippen MR) is 111 cm³/mol. The van der Waals surface area contributed by atoms with Crippen molar-refractivity contribution in [3.63, 3.8) is 0 Å². The smallest absolute Gasteiger partial charge is 0.254 e. The van der Waals surface area contributed by atoms with E-state index in [1.165, 1.54) is 0 Å². The Hall–Kier alpha value is -3.92. The maximum Gasteiger partial charge on any atom is 0.254 e. The Labute approximate surface area is 160 Å². The Balaban J connectivity index is 1.86. The molecule has 0 aliphatic carbocycles. The molecule has 0 atom stereocenters. The lowest BCUT2D eigenvalue weighted by molar-refractivity contribution is 0.0996. The van der Waals surface area contributed by atoms with Crippen molar-refractivity contribution in [1.82, 2.24) is 0 Å². The molecule has 134 valence electrons. The summed E-state index contributed by atoms with van der Waals surface area (Å²) in [5, 5.41) is 4.96. The van der Waals surface area contributed by atoms with Gasteiger partial charge in [-0.05, 0) is 34.4 Å². The Morgan fingerprint density at radius 2 is 1.43 bits per heavy atom. The molecule has 28 heavy (non-hydrogen) atoms. The van der Waals surface area contributed by atoms with Crippen molar-refractivity contribution in [1.29, 1.82) is 0 Å². The number of rotatable bonds is 2. The topological polar surface area (TPSA) is 68.6 Å². The van der Waals surface area contributed by atoms with Crippen molar-refractivity contribution in [2.45, 2.75) is 0 Å². The van der Waals surface area contributed by atoms with Crippen LogP contribution in [0.25, 0.3) is 32.5 Å². The van der Waals surface area contributed by atoms with Crippen LogP contribution < -0.4 is 11.3 Å². The average molecular weight is 364 g/mol. The summed E-state index contributed by atoms with van der Waals surface area (Å²) in [6, 6.07) is 27.4. The van der Waals surface area contributed by atoms with Crippen molar-refractivity contribution in [2.75, 3.05) is 0 Å². The summed E-state index contributed by atoms with van der Waals surface area (Å²) in [6.45, 7) is 0. The molecule has 0 aliphatic rings. The standard InChI is InChI=1S/C24H16N2O2/c25-23(27)20-14-19-17-9-3-1-7-16(17)12-13-22(19)28-24(20)26-21-11-5-8-15-6-2-4-10-18(15)21/h1-14H,(H2,25,27). The lowest BCUT2D eigenvalue weighted by Gasteiger charge is -2.06. The largest absolute Gasteiger partial charge is 0.438 e. The normalized spacial score (nSPS) is 12.1. The average Bonchev–Trinajstić information content (AvgIpc) is 2.73. The summed E-state index contributed by atoms with van der Waals surface area (Å²) >= 11 is 0. The van der Waals surface area contributed by atoms with E-state index in [4.69, 9.17) is 10.2 Å². The van der Waals surface area contributed by atoms with Crippen LogP contribution in [0.4, 0.5) is 5.69 Å². The Kier molecular flexibility index (Phi) is 3.69. The fourth-order valence-electron chi connectivity index (χ4n) is 3.55. The molecule has 4 heteroatoms. The van der Waals surface area contributed by atoms with Gasteiger partial charge in [0.25, 0.3) is 5.91 Å². The maximum atomic E-state index is 12.2. The van der Waals surface area contributed by atoms with Gasteiger partial charge in [-0.2, -0.15) is 0 Å². The van der Waals surface area contributed by atoms with Gasteiger partial charge in [-0.1, -0.05) is 66.7 Å². The molecule has 0 saturated heterocycles. The lowest BCUT2D eigenvalue weighted by Crippen LogP contribution is -2.21. The van der Waals surface area contributed by atoms with Crippen molar-refractivity contribution in [3.8, 4) is 0 Å². The van der Waals surface area contributed by atoms with Crippen LogP contribution in [0.1, 0.15) is 10.4 Å². The second kappa shape index (κ2) is 6.35. The van der Waals surface area contributed by atoms with Gasteiger partial charge >= 0.3 is 0 Å². The number of nitrogens with two attached hydrogens (primary N) is 1. The molecule has 1 aromatic heterocycles. The highest BCUT2D eigenvalue weighted by Gasteiger charge is 2.12. The Bertz CT molecular complexity index is 1440. The van der Waals surface area contributed by atoms with E-state index in [2.05, 4.69) is 4.99 Å². The van der Waals surface area contributed by atoms with E-state index in [0.717, 1.165) is 32.6 Å². The van der Waals surface area contributed by atoms with Crippen LogP contribution in [-0.2, 0) is 0 Å². The van der Waals surface area contributed by atoms with Gasteiger partial charge in [0.05, 0.1) is 5.69 Å². The monoisotopic (exact) mass is 364 g/mol. The third-order valence-corrected chi connectivity index (χ3v) is 4.91. The molecule has 0 aliphatic heterocycles. The first-order valence-corrected chi connectivity index (χ1v) is 8.99. The minimum Gasteiger partial charge on any atom is -0.438 e. The summed E-state index contributed by atoms with van der Waals surface area (Å²) in [5.74, 6) is -0.572. The van der Waals surface area contributed by atoms with Gasteiger partial charge in [0.2, 0.25) is 5.55 Å². The summed E-state index contributed by atoms with van der Waals surface area (Å²) in [6.07, 6.45) is 0. The summed E-state index contributed by atoms with van der Waals surface area (Å²) in [7, 11) is 0. The highest BCUT2D eigenvalue weighted by molar-refractivity contribution is 6.07. The first-order chi connectivity index (χ1) is 13.7. The van der Waals surface area contributed by atoms with Crippen LogP contribution in [0.3, 0.4) is 0 Å². The molecular weight excluding hydrogens is 348 g/mol. The molecule has 0 spiro atoms. The number of carbonyl (C=O) groups excluding carboxylic acids is 1. The second-order valence-corrected chi connectivity index (χ2v) is 6.64. The van der Waals surface area contributed by atoms with Gasteiger partial charge in [-0.3, -0.25) is 4.79 Å². The lowest BCUT2D eigenvalue weighted by atomic mass is 10.0. The Morgan fingerprint density at radius 3 is 2.21 bits per heavy atom. The number of nitrogens with zero attached hydrogens (tertiary/aromatic N) is 1. The SMILES string of the molecule is NC(=O)c1cc2c(ccc3ccccc32)oc1=Nc1cccc2ccccc12. The quantitative estimate of drug-likeness (QED) is 0.444. The fraction of sp³-hybridized carbons (Fsp3) is 0. The predicted octanol–water partition coefficient (Wildman–Crippen LogP) is 5.07. The van der Waals surface area contributed by atoms with E-state index in [9.17, 15) is 4.79 Å². The number of benzene rings is 4. The van der Waals surface area contributed by atoms with Gasteiger partial charge < -0.3 is 10.2 Å². The van der Waals surface area contributed by atoms with Crippen molar-refractivity contribution < 1.29 is 9.21 Å². The van der Waals surface area contributed by atoms with Crippen LogP contribution in [-0.4, -0.2) is 5.91 Å². The van der Waals surface area contributed by atoms with Crippen molar-refractivity contribution in [3.05, 3.63) is 96.0 Å². The Morgan fingerprint density at radius 1 is 0.750 bits per heavy atom. The number of carbonyl (C=O) groups is 1. The van der Waals surface area contributed by atoms with Crippen LogP contribution in [0.2, 0.25) is 0 Å². The minimum absolute atomic E-state index is 0.214. The van der Waals surface area contributed by atoms with E-state index in [1.54, 1.807) is 6.07 Å². The molecule has 1 amide bonds. The maximum absolute atomic E-state index is 12.2. The van der Waals surface area contributed by atoms with Crippen molar-refractivity contribution >= 4 is 44.1 Å². The second-order valence-electron chi connectivity index (χ2n) is 6.64. The highest BCUT2D eigenvalue weighted by Crippen LogP contribution is 2.27. The third kappa shape index (κ3) is 2.63. The van der Waals surface area contributed by atoms with E-state index >= 15 is 0 Å². The third-order valence-electron chi connectivity index (χ3n) is 4.91. The van der Waals surface area contributed by atoms with Gasteiger partial charge in [-0.25, -0.2) is 4.99 Å². The summed E-state index contributed by atoms with van der Waals surface area (Å²) in [4.78, 5) is 16.8. The molecule has 0 saturated carbocycles. The number of hydrogen-bond donors (Lipinski definition) is 1. The molecule has 0 fully saturated rings. The zero-order valence-corrected chi connectivity index (χ0v) is 14.9. The molecule has 4 nitrogen and oxygen atoms in total. The molecule has 4 aromatic carbocycles. The van der Waals surface area contributed by atoms with Gasteiger partial charge in [-0.15, -0.1) is 0 Å². The molecule has 5 aromatic rings. The van der Waals surface area contributed by atoms with E-state index in [0.29, 0.717) is 5.58 Å². The molecule has 2 N–H and O–H groups in total. The highest BCUT2D eigenvalue weighted by atomic mass is 16.3. The van der Waals surface area contributed by atoms with Gasteiger partial charge in [0.15, 0.2) is 0 Å². The fourth-order valence-corrected chi connectivity index (χ4v) is 3.55. The summed E-state index contributed by atoms with van der Waals surface area (Å²) in [5.41, 5.74) is 7.51. The zero-order valence-electron chi connectivity index (χ0n) is 14.9. The van der Waals surface area contributed by atoms with E-state index < -0.39 is 5.91 Å². The molecule has 0 unspecified atom stereocenters.